The van der Waals surface area contributed by atoms with Crippen LogP contribution in [0.1, 0.15) is 34.0 Å². The molecule has 1 heterocycles. The number of amides is 1. The van der Waals surface area contributed by atoms with Crippen LogP contribution in [0.2, 0.25) is 0 Å². The average molecular weight is 441 g/mol. The molecule has 0 bridgehead atoms. The van der Waals surface area contributed by atoms with E-state index in [-0.39, 0.29) is 18.8 Å². The lowest BCUT2D eigenvalue weighted by Gasteiger charge is -2.44. The van der Waals surface area contributed by atoms with Gasteiger partial charge in [0.2, 0.25) is 0 Å². The van der Waals surface area contributed by atoms with Gasteiger partial charge in [0.05, 0.1) is 35.0 Å². The molecule has 170 valence electrons. The Hall–Kier alpha value is -3.42. The molecule has 2 aromatic rings. The minimum Gasteiger partial charge on any atom is -0.493 e. The van der Waals surface area contributed by atoms with Crippen LogP contribution >= 0.6 is 0 Å². The highest BCUT2D eigenvalue weighted by molar-refractivity contribution is 6.10. The maximum absolute atomic E-state index is 14.1. The molecule has 1 spiro atoms. The van der Waals surface area contributed by atoms with Crippen molar-refractivity contribution in [2.24, 2.45) is 0 Å². The first-order chi connectivity index (χ1) is 15.5. The van der Waals surface area contributed by atoms with Crippen LogP contribution in [0.3, 0.4) is 0 Å². The molecule has 1 aliphatic carbocycles. The first-order valence-electron chi connectivity index (χ1n) is 10.4. The van der Waals surface area contributed by atoms with Gasteiger partial charge in [0.15, 0.2) is 28.8 Å². The average Bonchev–Trinajstić information content (AvgIpc) is 3.10. The largest absolute Gasteiger partial charge is 0.493 e. The van der Waals surface area contributed by atoms with E-state index in [2.05, 4.69) is 0 Å². The Balaban J connectivity index is 1.98. The molecular weight excluding hydrogens is 414 g/mol. The van der Waals surface area contributed by atoms with Crippen molar-refractivity contribution in [1.29, 1.82) is 0 Å². The second-order valence-electron chi connectivity index (χ2n) is 7.66. The lowest BCUT2D eigenvalue weighted by Crippen LogP contribution is -2.57. The Bertz CT molecular complexity index is 1080. The summed E-state index contributed by atoms with van der Waals surface area (Å²) < 4.78 is 27.4. The van der Waals surface area contributed by atoms with Crippen LogP contribution < -0.4 is 18.9 Å². The minimum atomic E-state index is -1.28. The van der Waals surface area contributed by atoms with Crippen molar-refractivity contribution >= 4 is 11.9 Å². The normalized spacial score (nSPS) is 18.8. The summed E-state index contributed by atoms with van der Waals surface area (Å²) in [6.07, 6.45) is 0.267. The molecule has 4 rings (SSSR count). The summed E-state index contributed by atoms with van der Waals surface area (Å²) in [5, 5.41) is 0. The first-order valence-corrected chi connectivity index (χ1v) is 10.4. The van der Waals surface area contributed by atoms with Crippen LogP contribution in [0.4, 0.5) is 4.79 Å². The Morgan fingerprint density at radius 1 is 1.00 bits per heavy atom. The fourth-order valence-electron chi connectivity index (χ4n) is 4.90. The number of methoxy groups -OCH3 is 4. The van der Waals surface area contributed by atoms with E-state index in [0.717, 1.165) is 5.56 Å². The van der Waals surface area contributed by atoms with Gasteiger partial charge in [-0.05, 0) is 48.7 Å². The summed E-state index contributed by atoms with van der Waals surface area (Å²) in [6.45, 7) is 2.29. The topological polar surface area (TPSA) is 83.5 Å². The number of ketones is 1. The number of Topliss-reactive ketones (excluding diaryl/α,β-unsaturated/α-hetero) is 1. The summed E-state index contributed by atoms with van der Waals surface area (Å²) in [5.41, 5.74) is 1.56. The quantitative estimate of drug-likeness (QED) is 0.703. The highest BCUT2D eigenvalue weighted by Crippen LogP contribution is 2.52. The second kappa shape index (κ2) is 8.26. The summed E-state index contributed by atoms with van der Waals surface area (Å²) in [6, 6.07) is 7.12. The number of hydrogen-bond acceptors (Lipinski definition) is 7. The van der Waals surface area contributed by atoms with Crippen LogP contribution in [0.25, 0.3) is 0 Å². The molecule has 2 aliphatic rings. The third-order valence-electron chi connectivity index (χ3n) is 6.31. The molecule has 0 N–H and O–H groups in total. The van der Waals surface area contributed by atoms with Crippen molar-refractivity contribution in [3.63, 3.8) is 0 Å². The molecular formula is C24H27NO7. The van der Waals surface area contributed by atoms with Gasteiger partial charge in [-0.2, -0.15) is 0 Å². The fourth-order valence-corrected chi connectivity index (χ4v) is 4.90. The Labute approximate surface area is 187 Å². The van der Waals surface area contributed by atoms with E-state index in [0.29, 0.717) is 52.7 Å². The van der Waals surface area contributed by atoms with E-state index in [1.807, 2.05) is 6.07 Å². The summed E-state index contributed by atoms with van der Waals surface area (Å²) in [5.74, 6) is 1.90. The molecule has 0 saturated heterocycles. The number of carbonyl (C=O) groups excluding carboxylic acids is 2. The number of hydrogen-bond donors (Lipinski definition) is 0. The molecule has 2 aromatic carbocycles. The van der Waals surface area contributed by atoms with Gasteiger partial charge >= 0.3 is 6.09 Å². The Morgan fingerprint density at radius 2 is 1.69 bits per heavy atom. The van der Waals surface area contributed by atoms with Gasteiger partial charge in [0, 0.05) is 24.1 Å². The van der Waals surface area contributed by atoms with E-state index >= 15 is 0 Å². The van der Waals surface area contributed by atoms with Gasteiger partial charge in [-0.15, -0.1) is 0 Å². The Morgan fingerprint density at radius 3 is 2.31 bits per heavy atom. The molecule has 1 aliphatic heterocycles. The molecule has 32 heavy (non-hydrogen) atoms. The van der Waals surface area contributed by atoms with Crippen molar-refractivity contribution < 1.29 is 33.3 Å². The van der Waals surface area contributed by atoms with Gasteiger partial charge in [0.25, 0.3) is 0 Å². The van der Waals surface area contributed by atoms with E-state index in [1.54, 1.807) is 58.5 Å². The van der Waals surface area contributed by atoms with Crippen molar-refractivity contribution in [1.82, 2.24) is 4.90 Å². The number of carbonyl (C=O) groups is 2. The van der Waals surface area contributed by atoms with E-state index in [4.69, 9.17) is 23.7 Å². The van der Waals surface area contributed by atoms with Crippen molar-refractivity contribution in [2.75, 3.05) is 41.6 Å². The SMILES string of the molecule is CCOC(=O)N1CCc2cc(OC)c(OC)cc2C12Cc1c(ccc(OC)c1OC)C2=O. The summed E-state index contributed by atoms with van der Waals surface area (Å²) in [7, 11) is 6.21. The van der Waals surface area contributed by atoms with Gasteiger partial charge < -0.3 is 23.7 Å². The molecule has 8 nitrogen and oxygen atoms in total. The number of ether oxygens (including phenoxy) is 5. The predicted octanol–water partition coefficient (Wildman–Crippen LogP) is 3.37. The number of rotatable bonds is 5. The zero-order valence-electron chi connectivity index (χ0n) is 18.9. The van der Waals surface area contributed by atoms with Crippen LogP contribution in [-0.2, 0) is 23.1 Å². The number of nitrogens with zero attached hydrogens (tertiary/aromatic N) is 1. The van der Waals surface area contributed by atoms with Crippen LogP contribution in [0.15, 0.2) is 24.3 Å². The van der Waals surface area contributed by atoms with Gasteiger partial charge in [-0.3, -0.25) is 9.69 Å². The van der Waals surface area contributed by atoms with E-state index < -0.39 is 11.6 Å². The first kappa shape index (κ1) is 21.8. The number of benzene rings is 2. The molecule has 0 aromatic heterocycles. The van der Waals surface area contributed by atoms with Crippen LogP contribution in [0, 0.1) is 0 Å². The second-order valence-corrected chi connectivity index (χ2v) is 7.66. The van der Waals surface area contributed by atoms with Crippen molar-refractivity contribution in [3.05, 3.63) is 46.5 Å². The minimum absolute atomic E-state index is 0.185. The van der Waals surface area contributed by atoms with Gasteiger partial charge in [-0.1, -0.05) is 0 Å². The lowest BCUT2D eigenvalue weighted by molar-refractivity contribution is 0.0391. The molecule has 8 heteroatoms. The van der Waals surface area contributed by atoms with Gasteiger partial charge in [0.1, 0.15) is 5.54 Å². The molecule has 1 amide bonds. The molecule has 0 fully saturated rings. The smallest absolute Gasteiger partial charge is 0.410 e. The zero-order chi connectivity index (χ0) is 23.0. The molecule has 1 unspecified atom stereocenters. The Kier molecular flexibility index (Phi) is 5.62. The van der Waals surface area contributed by atoms with Gasteiger partial charge in [-0.25, -0.2) is 4.79 Å². The third kappa shape index (κ3) is 2.97. The highest BCUT2D eigenvalue weighted by Gasteiger charge is 2.57. The summed E-state index contributed by atoms with van der Waals surface area (Å²) in [4.78, 5) is 28.7. The van der Waals surface area contributed by atoms with Crippen molar-refractivity contribution in [3.8, 4) is 23.0 Å². The van der Waals surface area contributed by atoms with E-state index in [1.165, 1.54) is 0 Å². The molecule has 0 saturated carbocycles. The fraction of sp³-hybridized carbons (Fsp3) is 0.417. The molecule has 1 atom stereocenters. The molecule has 0 radical (unpaired) electrons. The maximum atomic E-state index is 14.1. The van der Waals surface area contributed by atoms with Crippen LogP contribution in [0.5, 0.6) is 23.0 Å². The highest BCUT2D eigenvalue weighted by atomic mass is 16.6. The predicted molar refractivity (Wildman–Crippen MR) is 116 cm³/mol. The lowest BCUT2D eigenvalue weighted by atomic mass is 9.77. The monoisotopic (exact) mass is 441 g/mol. The van der Waals surface area contributed by atoms with Crippen LogP contribution in [-0.4, -0.2) is 58.4 Å². The number of fused-ring (bicyclic) bond motifs is 3. The zero-order valence-corrected chi connectivity index (χ0v) is 18.9. The third-order valence-corrected chi connectivity index (χ3v) is 6.31. The maximum Gasteiger partial charge on any atom is 0.410 e. The van der Waals surface area contributed by atoms with E-state index in [9.17, 15) is 9.59 Å². The standard InChI is InChI=1S/C24H27NO7/c1-6-32-23(27)25-10-9-14-11-19(29-3)20(30-4)12-17(14)24(25)13-16-15(22(24)26)7-8-18(28-2)21(16)31-5/h7-8,11-12H,6,9-10,13H2,1-5H3. The van der Waals surface area contributed by atoms with Crippen molar-refractivity contribution in [2.45, 2.75) is 25.3 Å². The summed E-state index contributed by atoms with van der Waals surface area (Å²) >= 11 is 0.